The van der Waals surface area contributed by atoms with E-state index in [4.69, 9.17) is 0 Å². The quantitative estimate of drug-likeness (QED) is 0.643. The Labute approximate surface area is 70.7 Å². The van der Waals surface area contributed by atoms with Gasteiger partial charge in [0.25, 0.3) is 0 Å². The second-order valence-electron chi connectivity index (χ2n) is 3.55. The largest absolute Gasteiger partial charge is 0.310 e. The van der Waals surface area contributed by atoms with E-state index in [1.807, 2.05) is 0 Å². The average Bonchev–Trinajstić information content (AvgIpc) is 2.42. The van der Waals surface area contributed by atoms with Crippen LogP contribution in [0.2, 0.25) is 0 Å². The summed E-state index contributed by atoms with van der Waals surface area (Å²) in [4.78, 5) is 0. The molecular formula is C8H14BrN. The molecule has 0 aromatic heterocycles. The minimum atomic E-state index is 0.773. The summed E-state index contributed by atoms with van der Waals surface area (Å²) in [6.07, 6.45) is 5.77. The molecule has 0 bridgehead atoms. The van der Waals surface area contributed by atoms with Gasteiger partial charge in [-0.25, -0.2) is 0 Å². The van der Waals surface area contributed by atoms with Crippen molar-refractivity contribution in [1.82, 2.24) is 5.32 Å². The van der Waals surface area contributed by atoms with Crippen LogP contribution in [0.15, 0.2) is 0 Å². The van der Waals surface area contributed by atoms with Crippen molar-refractivity contribution in [3.63, 3.8) is 0 Å². The molecule has 0 spiro atoms. The van der Waals surface area contributed by atoms with Crippen molar-refractivity contribution in [2.45, 2.75) is 37.8 Å². The van der Waals surface area contributed by atoms with E-state index in [1.54, 1.807) is 0 Å². The fourth-order valence-corrected chi connectivity index (χ4v) is 2.83. The van der Waals surface area contributed by atoms with E-state index in [0.717, 1.165) is 23.3 Å². The maximum Gasteiger partial charge on any atom is 0.0186 e. The molecule has 0 unspecified atom stereocenters. The summed E-state index contributed by atoms with van der Waals surface area (Å²) < 4.78 is 0. The number of halogens is 1. The molecule has 3 atom stereocenters. The lowest BCUT2D eigenvalue weighted by Crippen LogP contribution is -2.29. The van der Waals surface area contributed by atoms with Gasteiger partial charge in [-0.15, -0.1) is 0 Å². The van der Waals surface area contributed by atoms with Gasteiger partial charge >= 0.3 is 0 Å². The highest BCUT2D eigenvalue weighted by molar-refractivity contribution is 9.09. The molecule has 2 rings (SSSR count). The van der Waals surface area contributed by atoms with Gasteiger partial charge in [0.1, 0.15) is 0 Å². The number of hydrogen-bond donors (Lipinski definition) is 1. The molecule has 1 heterocycles. The second kappa shape index (κ2) is 2.82. The highest BCUT2D eigenvalue weighted by atomic mass is 79.9. The summed E-state index contributed by atoms with van der Waals surface area (Å²) in [5.74, 6) is 1.02. The van der Waals surface area contributed by atoms with Crippen LogP contribution in [0, 0.1) is 5.92 Å². The summed E-state index contributed by atoms with van der Waals surface area (Å²) in [7, 11) is 0. The number of hydrogen-bond acceptors (Lipinski definition) is 1. The van der Waals surface area contributed by atoms with Crippen LogP contribution in [0.1, 0.15) is 25.7 Å². The summed E-state index contributed by atoms with van der Waals surface area (Å²) in [6.45, 7) is 0. The van der Waals surface area contributed by atoms with Gasteiger partial charge in [-0.2, -0.15) is 0 Å². The zero-order chi connectivity index (χ0) is 6.97. The van der Waals surface area contributed by atoms with Crippen molar-refractivity contribution in [3.8, 4) is 0 Å². The van der Waals surface area contributed by atoms with E-state index in [2.05, 4.69) is 21.2 Å². The van der Waals surface area contributed by atoms with Gasteiger partial charge in [0, 0.05) is 17.4 Å². The van der Waals surface area contributed by atoms with Crippen LogP contribution in [0.5, 0.6) is 0 Å². The highest BCUT2D eigenvalue weighted by Gasteiger charge is 2.35. The number of rotatable bonds is 1. The van der Waals surface area contributed by atoms with Crippen LogP contribution in [-0.2, 0) is 0 Å². The molecular weight excluding hydrogens is 190 g/mol. The zero-order valence-electron chi connectivity index (χ0n) is 6.15. The van der Waals surface area contributed by atoms with Crippen LogP contribution in [0.25, 0.3) is 0 Å². The van der Waals surface area contributed by atoms with Gasteiger partial charge in [0.15, 0.2) is 0 Å². The molecule has 2 aliphatic rings. The lowest BCUT2D eigenvalue weighted by atomic mass is 10.0. The van der Waals surface area contributed by atoms with Crippen molar-refractivity contribution >= 4 is 15.9 Å². The Morgan fingerprint density at radius 3 is 3.00 bits per heavy atom. The third kappa shape index (κ3) is 1.12. The molecule has 1 saturated carbocycles. The van der Waals surface area contributed by atoms with E-state index < -0.39 is 0 Å². The average molecular weight is 204 g/mol. The molecule has 1 nitrogen and oxygen atoms in total. The highest BCUT2D eigenvalue weighted by Crippen LogP contribution is 2.34. The minimum absolute atomic E-state index is 0.773. The molecule has 1 aliphatic carbocycles. The summed E-state index contributed by atoms with van der Waals surface area (Å²) in [5.41, 5.74) is 0. The van der Waals surface area contributed by atoms with Gasteiger partial charge < -0.3 is 5.32 Å². The first-order valence-electron chi connectivity index (χ1n) is 4.22. The van der Waals surface area contributed by atoms with E-state index in [-0.39, 0.29) is 0 Å². The van der Waals surface area contributed by atoms with Gasteiger partial charge in [-0.1, -0.05) is 22.4 Å². The molecule has 58 valence electrons. The Morgan fingerprint density at radius 1 is 1.40 bits per heavy atom. The third-order valence-corrected chi connectivity index (χ3v) is 3.66. The minimum Gasteiger partial charge on any atom is -0.310 e. The SMILES string of the molecule is BrC[C@@H]1C[C@@H]2CCC[C@@H]2N1. The van der Waals surface area contributed by atoms with Crippen molar-refractivity contribution < 1.29 is 0 Å². The van der Waals surface area contributed by atoms with Crippen LogP contribution < -0.4 is 5.32 Å². The topological polar surface area (TPSA) is 12.0 Å². The molecule has 0 aromatic rings. The Morgan fingerprint density at radius 2 is 2.30 bits per heavy atom. The molecule has 0 amide bonds. The van der Waals surface area contributed by atoms with Crippen molar-refractivity contribution in [2.24, 2.45) is 5.92 Å². The summed E-state index contributed by atoms with van der Waals surface area (Å²) >= 11 is 3.52. The lowest BCUT2D eigenvalue weighted by molar-refractivity contribution is 0.518. The van der Waals surface area contributed by atoms with Gasteiger partial charge in [0.05, 0.1) is 0 Å². The predicted molar refractivity (Wildman–Crippen MR) is 46.5 cm³/mol. The Bertz CT molecular complexity index is 114. The number of nitrogens with one attached hydrogen (secondary N) is 1. The predicted octanol–water partition coefficient (Wildman–Crippen LogP) is 1.91. The van der Waals surface area contributed by atoms with E-state index >= 15 is 0 Å². The van der Waals surface area contributed by atoms with E-state index in [9.17, 15) is 0 Å². The van der Waals surface area contributed by atoms with Gasteiger partial charge in [-0.3, -0.25) is 0 Å². The fourth-order valence-electron chi connectivity index (χ4n) is 2.38. The molecule has 0 aromatic carbocycles. The van der Waals surface area contributed by atoms with Crippen LogP contribution in [-0.4, -0.2) is 17.4 Å². The maximum absolute atomic E-state index is 3.66. The second-order valence-corrected chi connectivity index (χ2v) is 4.20. The Hall–Kier alpha value is 0.440. The summed E-state index contributed by atoms with van der Waals surface area (Å²) in [5, 5.41) is 4.79. The monoisotopic (exact) mass is 203 g/mol. The molecule has 2 heteroatoms. The number of alkyl halides is 1. The number of fused-ring (bicyclic) bond motifs is 1. The molecule has 0 radical (unpaired) electrons. The first-order chi connectivity index (χ1) is 4.90. The van der Waals surface area contributed by atoms with Crippen LogP contribution >= 0.6 is 15.9 Å². The van der Waals surface area contributed by atoms with Crippen molar-refractivity contribution in [1.29, 1.82) is 0 Å². The normalized spacial score (nSPS) is 45.9. The fraction of sp³-hybridized carbons (Fsp3) is 1.00. The molecule has 1 saturated heterocycles. The Balaban J connectivity index is 1.94. The Kier molecular flexibility index (Phi) is 2.01. The first kappa shape index (κ1) is 7.11. The van der Waals surface area contributed by atoms with Gasteiger partial charge in [0.2, 0.25) is 0 Å². The van der Waals surface area contributed by atoms with Crippen LogP contribution in [0.4, 0.5) is 0 Å². The standard InChI is InChI=1S/C8H14BrN/c9-5-7-4-6-2-1-3-8(6)10-7/h6-8,10H,1-5H2/t6-,7-,8-/m0/s1. The molecule has 10 heavy (non-hydrogen) atoms. The third-order valence-electron chi connectivity index (χ3n) is 2.88. The smallest absolute Gasteiger partial charge is 0.0186 e. The molecule has 1 aliphatic heterocycles. The van der Waals surface area contributed by atoms with Crippen LogP contribution in [0.3, 0.4) is 0 Å². The van der Waals surface area contributed by atoms with Gasteiger partial charge in [-0.05, 0) is 25.2 Å². The van der Waals surface area contributed by atoms with Crippen molar-refractivity contribution in [2.75, 3.05) is 5.33 Å². The van der Waals surface area contributed by atoms with E-state index in [0.29, 0.717) is 0 Å². The first-order valence-corrected chi connectivity index (χ1v) is 5.34. The lowest BCUT2D eigenvalue weighted by Gasteiger charge is -2.08. The maximum atomic E-state index is 3.66. The van der Waals surface area contributed by atoms with E-state index in [1.165, 1.54) is 25.7 Å². The molecule has 1 N–H and O–H groups in total. The van der Waals surface area contributed by atoms with Crippen molar-refractivity contribution in [3.05, 3.63) is 0 Å². The molecule has 2 fully saturated rings. The summed E-state index contributed by atoms with van der Waals surface area (Å²) in [6, 6.07) is 1.65. The zero-order valence-corrected chi connectivity index (χ0v) is 7.73.